The maximum absolute atomic E-state index is 6.44. The zero-order valence-corrected chi connectivity index (χ0v) is 12.0. The molecule has 1 atom stereocenters. The molecule has 1 aliphatic rings. The molecule has 0 bridgehead atoms. The molecule has 0 amide bonds. The summed E-state index contributed by atoms with van der Waals surface area (Å²) in [7, 11) is 0. The monoisotopic (exact) mass is 267 g/mol. The Kier molecular flexibility index (Phi) is 4.81. The van der Waals surface area contributed by atoms with Crippen LogP contribution in [0.2, 0.25) is 0 Å². The minimum Gasteiger partial charge on any atom is -0.368 e. The van der Waals surface area contributed by atoms with Crippen LogP contribution >= 0.6 is 11.6 Å². The van der Waals surface area contributed by atoms with Gasteiger partial charge in [-0.1, -0.05) is 26.7 Å². The molecule has 1 aromatic rings. The molecule has 0 saturated carbocycles. The average molecular weight is 268 g/mol. The summed E-state index contributed by atoms with van der Waals surface area (Å²) in [5.41, 5.74) is 2.51. The third-order valence-corrected chi connectivity index (χ3v) is 4.41. The Morgan fingerprint density at radius 2 is 2.06 bits per heavy atom. The summed E-state index contributed by atoms with van der Waals surface area (Å²) in [6, 6.07) is 0. The lowest BCUT2D eigenvalue weighted by atomic mass is 9.99. The van der Waals surface area contributed by atoms with E-state index in [9.17, 15) is 0 Å². The van der Waals surface area contributed by atoms with E-state index in [-0.39, 0.29) is 5.38 Å². The van der Waals surface area contributed by atoms with Crippen molar-refractivity contribution < 1.29 is 0 Å². The number of anilines is 1. The number of rotatable bonds is 6. The Hall–Kier alpha value is -0.830. The summed E-state index contributed by atoms with van der Waals surface area (Å²) >= 11 is 6.44. The van der Waals surface area contributed by atoms with Gasteiger partial charge in [-0.25, -0.2) is 9.97 Å². The van der Waals surface area contributed by atoms with Gasteiger partial charge in [-0.3, -0.25) is 0 Å². The highest BCUT2D eigenvalue weighted by Crippen LogP contribution is 2.26. The van der Waals surface area contributed by atoms with Crippen molar-refractivity contribution in [1.29, 1.82) is 0 Å². The molecule has 2 rings (SSSR count). The molecule has 0 aromatic carbocycles. The molecule has 0 spiro atoms. The molecule has 1 heterocycles. The second-order valence-corrected chi connectivity index (χ2v) is 5.54. The van der Waals surface area contributed by atoms with E-state index in [1.165, 1.54) is 17.7 Å². The van der Waals surface area contributed by atoms with Crippen molar-refractivity contribution in [2.75, 3.05) is 11.9 Å². The molecule has 4 heteroatoms. The highest BCUT2D eigenvalue weighted by atomic mass is 35.5. The third-order valence-electron chi connectivity index (χ3n) is 3.90. The van der Waals surface area contributed by atoms with Crippen LogP contribution in [0.4, 0.5) is 5.82 Å². The molecular weight excluding hydrogens is 246 g/mol. The van der Waals surface area contributed by atoms with Gasteiger partial charge in [0.15, 0.2) is 0 Å². The predicted octanol–water partition coefficient (Wildman–Crippen LogP) is 3.42. The Labute approximate surface area is 114 Å². The Bertz CT molecular complexity index is 391. The number of fused-ring (bicyclic) bond motifs is 1. The minimum atomic E-state index is 0.173. The maximum Gasteiger partial charge on any atom is 0.132 e. The van der Waals surface area contributed by atoms with E-state index < -0.39 is 0 Å². The quantitative estimate of drug-likeness (QED) is 0.803. The standard InChI is InChI=1S/C14H22ClN3/c1-3-10(4-2)12(15)8-16-14-11-6-5-7-13(11)17-9-18-14/h9-10,12H,3-8H2,1-2H3,(H,16,17,18). The Morgan fingerprint density at radius 3 is 2.78 bits per heavy atom. The molecule has 0 saturated heterocycles. The van der Waals surface area contributed by atoms with Gasteiger partial charge in [-0.2, -0.15) is 0 Å². The first-order valence-electron chi connectivity index (χ1n) is 6.96. The van der Waals surface area contributed by atoms with Gasteiger partial charge >= 0.3 is 0 Å². The van der Waals surface area contributed by atoms with Gasteiger partial charge in [0.1, 0.15) is 12.1 Å². The lowest BCUT2D eigenvalue weighted by Crippen LogP contribution is -2.23. The van der Waals surface area contributed by atoms with Crippen LogP contribution < -0.4 is 5.32 Å². The van der Waals surface area contributed by atoms with Crippen molar-refractivity contribution in [2.45, 2.75) is 51.3 Å². The van der Waals surface area contributed by atoms with Crippen molar-refractivity contribution in [3.05, 3.63) is 17.6 Å². The van der Waals surface area contributed by atoms with Gasteiger partial charge < -0.3 is 5.32 Å². The van der Waals surface area contributed by atoms with Gasteiger partial charge in [-0.15, -0.1) is 11.6 Å². The summed E-state index contributed by atoms with van der Waals surface area (Å²) in [5.74, 6) is 1.57. The van der Waals surface area contributed by atoms with Crippen LogP contribution in [-0.4, -0.2) is 21.9 Å². The number of aromatic nitrogens is 2. The van der Waals surface area contributed by atoms with Crippen molar-refractivity contribution in [3.63, 3.8) is 0 Å². The van der Waals surface area contributed by atoms with E-state index in [0.717, 1.165) is 38.0 Å². The number of aryl methyl sites for hydroxylation is 1. The molecule has 1 unspecified atom stereocenters. The number of nitrogens with zero attached hydrogens (tertiary/aromatic N) is 2. The molecular formula is C14H22ClN3. The lowest BCUT2D eigenvalue weighted by molar-refractivity contribution is 0.475. The van der Waals surface area contributed by atoms with Crippen molar-refractivity contribution in [1.82, 2.24) is 9.97 Å². The first-order chi connectivity index (χ1) is 8.76. The highest BCUT2D eigenvalue weighted by molar-refractivity contribution is 6.21. The second kappa shape index (κ2) is 6.37. The van der Waals surface area contributed by atoms with Crippen LogP contribution in [-0.2, 0) is 12.8 Å². The van der Waals surface area contributed by atoms with Crippen LogP contribution in [0, 0.1) is 5.92 Å². The zero-order chi connectivity index (χ0) is 13.0. The number of alkyl halides is 1. The second-order valence-electron chi connectivity index (χ2n) is 4.97. The van der Waals surface area contributed by atoms with Gasteiger partial charge in [0, 0.05) is 17.8 Å². The maximum atomic E-state index is 6.44. The molecule has 1 N–H and O–H groups in total. The third kappa shape index (κ3) is 2.94. The average Bonchev–Trinajstić information content (AvgIpc) is 2.86. The van der Waals surface area contributed by atoms with E-state index >= 15 is 0 Å². The molecule has 0 fully saturated rings. The lowest BCUT2D eigenvalue weighted by Gasteiger charge is -2.20. The first kappa shape index (κ1) is 13.6. The van der Waals surface area contributed by atoms with Crippen molar-refractivity contribution in [2.24, 2.45) is 5.92 Å². The SMILES string of the molecule is CCC(CC)C(Cl)CNc1ncnc2c1CCC2. The van der Waals surface area contributed by atoms with Gasteiger partial charge in [0.05, 0.1) is 5.38 Å². The normalized spacial score (nSPS) is 15.8. The zero-order valence-electron chi connectivity index (χ0n) is 11.2. The molecule has 1 aliphatic carbocycles. The number of halogens is 1. The number of nitrogens with one attached hydrogen (secondary N) is 1. The first-order valence-corrected chi connectivity index (χ1v) is 7.40. The van der Waals surface area contributed by atoms with Crippen molar-refractivity contribution >= 4 is 17.4 Å². The van der Waals surface area contributed by atoms with Crippen LogP contribution in [0.5, 0.6) is 0 Å². The predicted molar refractivity (Wildman–Crippen MR) is 76.3 cm³/mol. The van der Waals surface area contributed by atoms with Crippen LogP contribution in [0.15, 0.2) is 6.33 Å². The molecule has 0 aliphatic heterocycles. The van der Waals surface area contributed by atoms with Crippen LogP contribution in [0.1, 0.15) is 44.4 Å². The van der Waals surface area contributed by atoms with Crippen molar-refractivity contribution in [3.8, 4) is 0 Å². The van der Waals surface area contributed by atoms with E-state index in [0.29, 0.717) is 5.92 Å². The molecule has 0 radical (unpaired) electrons. The molecule has 1 aromatic heterocycles. The highest BCUT2D eigenvalue weighted by Gasteiger charge is 2.19. The minimum absolute atomic E-state index is 0.173. The van der Waals surface area contributed by atoms with E-state index in [1.807, 2.05) is 0 Å². The largest absolute Gasteiger partial charge is 0.368 e. The van der Waals surface area contributed by atoms with Crippen LogP contribution in [0.25, 0.3) is 0 Å². The van der Waals surface area contributed by atoms with E-state index in [1.54, 1.807) is 6.33 Å². The fourth-order valence-electron chi connectivity index (χ4n) is 2.67. The van der Waals surface area contributed by atoms with Gasteiger partial charge in [0.25, 0.3) is 0 Å². The Balaban J connectivity index is 1.96. The summed E-state index contributed by atoms with van der Waals surface area (Å²) in [6.45, 7) is 5.19. The fourth-order valence-corrected chi connectivity index (χ4v) is 3.11. The fraction of sp³-hybridized carbons (Fsp3) is 0.714. The molecule has 3 nitrogen and oxygen atoms in total. The summed E-state index contributed by atoms with van der Waals surface area (Å²) in [6.07, 6.45) is 7.30. The number of hydrogen-bond acceptors (Lipinski definition) is 3. The summed E-state index contributed by atoms with van der Waals surface area (Å²) in [5, 5.41) is 3.58. The van der Waals surface area contributed by atoms with E-state index in [4.69, 9.17) is 11.6 Å². The molecule has 18 heavy (non-hydrogen) atoms. The number of hydrogen-bond donors (Lipinski definition) is 1. The van der Waals surface area contributed by atoms with Gasteiger partial charge in [0.2, 0.25) is 0 Å². The topological polar surface area (TPSA) is 37.8 Å². The summed E-state index contributed by atoms with van der Waals surface area (Å²) < 4.78 is 0. The summed E-state index contributed by atoms with van der Waals surface area (Å²) in [4.78, 5) is 8.68. The van der Waals surface area contributed by atoms with Gasteiger partial charge in [-0.05, 0) is 25.2 Å². The van der Waals surface area contributed by atoms with Crippen LogP contribution in [0.3, 0.4) is 0 Å². The Morgan fingerprint density at radius 1 is 1.28 bits per heavy atom. The molecule has 100 valence electrons. The van der Waals surface area contributed by atoms with E-state index in [2.05, 4.69) is 29.1 Å². The smallest absolute Gasteiger partial charge is 0.132 e.